The van der Waals surface area contributed by atoms with Crippen LogP contribution < -0.4 is 0 Å². The molecule has 0 aromatic heterocycles. The number of imide groups is 2. The van der Waals surface area contributed by atoms with Gasteiger partial charge in [0.15, 0.2) is 0 Å². The van der Waals surface area contributed by atoms with Gasteiger partial charge in [-0.05, 0) is 49.9 Å². The Morgan fingerprint density at radius 2 is 0.659 bits per heavy atom. The quantitative estimate of drug-likeness (QED) is 0.112. The first kappa shape index (κ1) is 33.9. The molecule has 2 heterocycles. The predicted molar refractivity (Wildman–Crippen MR) is 178 cm³/mol. The van der Waals surface area contributed by atoms with Crippen LogP contribution in [0.2, 0.25) is 0 Å². The number of rotatable bonds is 20. The molecule has 2 aliphatic rings. The number of amides is 4. The van der Waals surface area contributed by atoms with E-state index in [-0.39, 0.29) is 35.7 Å². The fourth-order valence-corrected chi connectivity index (χ4v) is 7.25. The molecule has 0 saturated carbocycles. The molecule has 0 saturated heterocycles. The van der Waals surface area contributed by atoms with Crippen molar-refractivity contribution in [3.05, 3.63) is 46.5 Å². The molecule has 240 valence electrons. The molecule has 6 nitrogen and oxygen atoms in total. The van der Waals surface area contributed by atoms with Crippen molar-refractivity contribution in [1.82, 2.24) is 9.80 Å². The van der Waals surface area contributed by atoms with E-state index in [0.29, 0.717) is 33.0 Å². The van der Waals surface area contributed by atoms with Crippen molar-refractivity contribution in [2.24, 2.45) is 0 Å². The van der Waals surface area contributed by atoms with Crippen LogP contribution in [0.3, 0.4) is 0 Å². The Morgan fingerprint density at radius 3 is 0.932 bits per heavy atom. The van der Waals surface area contributed by atoms with Gasteiger partial charge in [0.05, 0.1) is 0 Å². The van der Waals surface area contributed by atoms with E-state index in [9.17, 15) is 19.2 Å². The van der Waals surface area contributed by atoms with Crippen molar-refractivity contribution < 1.29 is 19.2 Å². The summed E-state index contributed by atoms with van der Waals surface area (Å²) in [6.45, 7) is 8.68. The molecule has 0 fully saturated rings. The Hall–Kier alpha value is -3.02. The lowest BCUT2D eigenvalue weighted by Crippen LogP contribution is -2.49. The van der Waals surface area contributed by atoms with E-state index in [1.54, 1.807) is 24.3 Å². The van der Waals surface area contributed by atoms with Crippen LogP contribution in [-0.2, 0) is 0 Å². The van der Waals surface area contributed by atoms with Gasteiger partial charge in [-0.2, -0.15) is 0 Å². The highest BCUT2D eigenvalue weighted by molar-refractivity contribution is 6.33. The first-order valence-corrected chi connectivity index (χ1v) is 17.8. The van der Waals surface area contributed by atoms with Gasteiger partial charge >= 0.3 is 0 Å². The highest BCUT2D eigenvalue weighted by Gasteiger charge is 2.42. The number of hydrogen-bond acceptors (Lipinski definition) is 4. The maximum atomic E-state index is 14.1. The van der Waals surface area contributed by atoms with Crippen molar-refractivity contribution in [1.29, 1.82) is 0 Å². The van der Waals surface area contributed by atoms with Crippen molar-refractivity contribution in [2.75, 3.05) is 0 Å². The minimum absolute atomic E-state index is 0.149. The summed E-state index contributed by atoms with van der Waals surface area (Å²) in [5.74, 6) is -1.17. The smallest absolute Gasteiger partial charge is 0.261 e. The summed E-state index contributed by atoms with van der Waals surface area (Å²) in [4.78, 5) is 59.3. The molecule has 0 radical (unpaired) electrons. The molecule has 0 spiro atoms. The van der Waals surface area contributed by atoms with Gasteiger partial charge in [0, 0.05) is 45.1 Å². The number of nitrogens with zero attached hydrogens (tertiary/aromatic N) is 2. The highest BCUT2D eigenvalue weighted by Crippen LogP contribution is 2.40. The SMILES string of the molecule is CCCCCCC(CCCCC)N1C(=O)c2ccc3c4c(ccc(c24)C1=O)C(=O)N(C(CCCCC)CCCCCC)C3=O. The molecule has 0 bridgehead atoms. The van der Waals surface area contributed by atoms with Crippen LogP contribution in [0.4, 0.5) is 0 Å². The number of carbonyl (C=O) groups is 4. The Morgan fingerprint density at radius 1 is 0.409 bits per heavy atom. The molecule has 2 unspecified atom stereocenters. The predicted octanol–water partition coefficient (Wildman–Crippen LogP) is 9.87. The van der Waals surface area contributed by atoms with E-state index in [4.69, 9.17) is 0 Å². The fraction of sp³-hybridized carbons (Fsp3) is 0.632. The molecule has 2 aromatic carbocycles. The molecule has 0 N–H and O–H groups in total. The van der Waals surface area contributed by atoms with Crippen LogP contribution in [0.5, 0.6) is 0 Å². The zero-order chi connectivity index (χ0) is 31.6. The van der Waals surface area contributed by atoms with Gasteiger partial charge < -0.3 is 0 Å². The number of hydrogen-bond donors (Lipinski definition) is 0. The van der Waals surface area contributed by atoms with Gasteiger partial charge in [-0.15, -0.1) is 0 Å². The van der Waals surface area contributed by atoms with E-state index in [2.05, 4.69) is 27.7 Å². The van der Waals surface area contributed by atoms with Crippen LogP contribution >= 0.6 is 0 Å². The topological polar surface area (TPSA) is 74.8 Å². The van der Waals surface area contributed by atoms with Gasteiger partial charge in [0.1, 0.15) is 0 Å². The molecular formula is C38H54N2O4. The second-order valence-electron chi connectivity index (χ2n) is 13.0. The Bertz CT molecular complexity index is 1160. The lowest BCUT2D eigenvalue weighted by molar-refractivity contribution is 0.0495. The Labute approximate surface area is 264 Å². The third-order valence-electron chi connectivity index (χ3n) is 9.75. The van der Waals surface area contributed by atoms with Crippen LogP contribution in [0.25, 0.3) is 10.8 Å². The third kappa shape index (κ3) is 7.10. The van der Waals surface area contributed by atoms with Crippen molar-refractivity contribution >= 4 is 34.4 Å². The monoisotopic (exact) mass is 602 g/mol. The minimum atomic E-state index is -0.293. The Kier molecular flexibility index (Phi) is 12.6. The van der Waals surface area contributed by atoms with E-state index in [1.807, 2.05) is 0 Å². The normalized spacial score (nSPS) is 15.9. The molecule has 2 atom stereocenters. The highest BCUT2D eigenvalue weighted by atomic mass is 16.2. The van der Waals surface area contributed by atoms with Crippen molar-refractivity contribution in [3.63, 3.8) is 0 Å². The molecule has 6 heteroatoms. The van der Waals surface area contributed by atoms with Gasteiger partial charge in [0.2, 0.25) is 0 Å². The average Bonchev–Trinajstić information content (AvgIpc) is 3.02. The maximum absolute atomic E-state index is 14.1. The summed E-state index contributed by atoms with van der Waals surface area (Å²) in [6, 6.07) is 6.62. The largest absolute Gasteiger partial charge is 0.271 e. The first-order chi connectivity index (χ1) is 21.4. The summed E-state index contributed by atoms with van der Waals surface area (Å²) in [6.07, 6.45) is 18.2. The van der Waals surface area contributed by atoms with E-state index < -0.39 is 0 Å². The second-order valence-corrected chi connectivity index (χ2v) is 13.0. The first-order valence-electron chi connectivity index (χ1n) is 17.8. The van der Waals surface area contributed by atoms with Crippen molar-refractivity contribution in [2.45, 2.75) is 155 Å². The summed E-state index contributed by atoms with van der Waals surface area (Å²) < 4.78 is 0. The van der Waals surface area contributed by atoms with E-state index >= 15 is 0 Å². The van der Waals surface area contributed by atoms with Crippen LogP contribution in [0, 0.1) is 0 Å². The number of benzene rings is 2. The van der Waals surface area contributed by atoms with Gasteiger partial charge in [-0.3, -0.25) is 29.0 Å². The zero-order valence-electron chi connectivity index (χ0n) is 27.7. The lowest BCUT2D eigenvalue weighted by atomic mass is 9.84. The van der Waals surface area contributed by atoms with E-state index in [0.717, 1.165) is 116 Å². The molecule has 2 aliphatic heterocycles. The molecule has 4 rings (SSSR count). The molecule has 44 heavy (non-hydrogen) atoms. The van der Waals surface area contributed by atoms with Gasteiger partial charge in [-0.1, -0.05) is 118 Å². The third-order valence-corrected chi connectivity index (χ3v) is 9.75. The summed E-state index contributed by atoms with van der Waals surface area (Å²) >= 11 is 0. The number of carbonyl (C=O) groups excluding carboxylic acids is 4. The van der Waals surface area contributed by atoms with Crippen LogP contribution in [0.15, 0.2) is 24.3 Å². The zero-order valence-corrected chi connectivity index (χ0v) is 27.7. The molecular weight excluding hydrogens is 548 g/mol. The fourth-order valence-electron chi connectivity index (χ4n) is 7.25. The second kappa shape index (κ2) is 16.3. The van der Waals surface area contributed by atoms with Crippen molar-refractivity contribution in [3.8, 4) is 0 Å². The summed E-state index contributed by atoms with van der Waals surface area (Å²) in [5, 5.41) is 0.965. The average molecular weight is 603 g/mol. The minimum Gasteiger partial charge on any atom is -0.271 e. The van der Waals surface area contributed by atoms with E-state index in [1.165, 1.54) is 9.80 Å². The van der Waals surface area contributed by atoms with Crippen LogP contribution in [0.1, 0.15) is 185 Å². The maximum Gasteiger partial charge on any atom is 0.261 e. The molecule has 4 amide bonds. The standard InChI is InChI=1S/C38H54N2O4/c1-5-9-13-17-21-27(19-15-11-7-3)39-35(41)29-23-25-31-34-32(26-24-30(33(29)34)36(39)42)38(44)40(37(31)43)28(20-16-12-8-4)22-18-14-10-6-2/h23-28H,5-22H2,1-4H3. The Balaban J connectivity index is 1.69. The lowest BCUT2D eigenvalue weighted by Gasteiger charge is -2.37. The molecule has 0 aliphatic carbocycles. The summed E-state index contributed by atoms with van der Waals surface area (Å²) in [7, 11) is 0. The van der Waals surface area contributed by atoms with Gasteiger partial charge in [-0.25, -0.2) is 0 Å². The van der Waals surface area contributed by atoms with Crippen LogP contribution in [-0.4, -0.2) is 45.5 Å². The number of unbranched alkanes of at least 4 members (excludes halogenated alkanes) is 10. The summed E-state index contributed by atoms with van der Waals surface area (Å²) in [5.41, 5.74) is 1.73. The van der Waals surface area contributed by atoms with Gasteiger partial charge in [0.25, 0.3) is 23.6 Å². The molecule has 2 aromatic rings.